The van der Waals surface area contributed by atoms with Crippen molar-refractivity contribution in [3.05, 3.63) is 35.9 Å². The summed E-state index contributed by atoms with van der Waals surface area (Å²) in [4.78, 5) is 23.0. The van der Waals surface area contributed by atoms with E-state index in [1.54, 1.807) is 13.8 Å². The molecule has 1 aliphatic rings. The molecule has 0 aliphatic carbocycles. The summed E-state index contributed by atoms with van der Waals surface area (Å²) >= 11 is 0. The average molecular weight is 288 g/mol. The molecule has 1 aromatic rings. The lowest BCUT2D eigenvalue weighted by atomic mass is 9.99. The second-order valence-corrected chi connectivity index (χ2v) is 5.18. The zero-order valence-corrected chi connectivity index (χ0v) is 11.8. The first-order chi connectivity index (χ1) is 9.89. The number of esters is 1. The summed E-state index contributed by atoms with van der Waals surface area (Å²) in [7, 11) is 0. The monoisotopic (exact) mass is 288 g/mol. The van der Waals surface area contributed by atoms with E-state index in [1.165, 1.54) is 0 Å². The maximum Gasteiger partial charge on any atom is 0.338 e. The van der Waals surface area contributed by atoms with Gasteiger partial charge in [-0.2, -0.15) is 0 Å². The quantitative estimate of drug-likeness (QED) is 0.678. The van der Waals surface area contributed by atoms with Crippen molar-refractivity contribution in [2.75, 3.05) is 0 Å². The van der Waals surface area contributed by atoms with Crippen LogP contribution in [0.15, 0.2) is 30.3 Å². The highest BCUT2D eigenvalue weighted by Gasteiger charge is 2.47. The maximum atomic E-state index is 11.7. The molecule has 21 heavy (non-hydrogen) atoms. The van der Waals surface area contributed by atoms with Crippen LogP contribution in [-0.2, 0) is 19.1 Å². The van der Waals surface area contributed by atoms with Crippen LogP contribution in [0.5, 0.6) is 0 Å². The molecule has 110 valence electrons. The summed E-state index contributed by atoms with van der Waals surface area (Å²) in [6.07, 6.45) is -1.11. The van der Waals surface area contributed by atoms with Crippen LogP contribution in [0, 0.1) is 17.8 Å². The van der Waals surface area contributed by atoms with Gasteiger partial charge in [0.1, 0.15) is 5.92 Å². The van der Waals surface area contributed by atoms with E-state index in [9.17, 15) is 14.7 Å². The minimum Gasteiger partial charge on any atom is -0.481 e. The van der Waals surface area contributed by atoms with Gasteiger partial charge in [-0.05, 0) is 12.1 Å². The Balaban J connectivity index is 2.09. The first-order valence-electron chi connectivity index (χ1n) is 6.56. The second-order valence-electron chi connectivity index (χ2n) is 5.18. The molecule has 1 aromatic carbocycles. The number of benzene rings is 1. The number of carboxylic acids is 1. The van der Waals surface area contributed by atoms with Crippen LogP contribution < -0.4 is 0 Å². The third-order valence-corrected chi connectivity index (χ3v) is 3.00. The molecule has 2 rings (SSSR count). The van der Waals surface area contributed by atoms with E-state index < -0.39 is 29.7 Å². The van der Waals surface area contributed by atoms with E-state index in [-0.39, 0.29) is 6.42 Å². The number of ether oxygens (including phenoxy) is 2. The van der Waals surface area contributed by atoms with E-state index in [2.05, 4.69) is 11.8 Å². The van der Waals surface area contributed by atoms with Gasteiger partial charge in [0, 0.05) is 25.8 Å². The predicted molar refractivity (Wildman–Crippen MR) is 74.1 cm³/mol. The van der Waals surface area contributed by atoms with E-state index in [0.717, 1.165) is 5.56 Å². The molecule has 5 heteroatoms. The van der Waals surface area contributed by atoms with Gasteiger partial charge < -0.3 is 14.6 Å². The summed E-state index contributed by atoms with van der Waals surface area (Å²) in [6.45, 7) is 3.14. The van der Waals surface area contributed by atoms with Crippen molar-refractivity contribution < 1.29 is 24.2 Å². The van der Waals surface area contributed by atoms with Crippen LogP contribution in [0.3, 0.4) is 0 Å². The fourth-order valence-corrected chi connectivity index (χ4v) is 2.03. The SMILES string of the molecule is CC1(C)OC(=O)[C@H]([C@@H](CC#Cc2ccccc2)C(=O)O)O1. The molecule has 0 radical (unpaired) electrons. The van der Waals surface area contributed by atoms with Crippen molar-refractivity contribution in [3.63, 3.8) is 0 Å². The highest BCUT2D eigenvalue weighted by molar-refractivity contribution is 5.84. The molecule has 1 N–H and O–H groups in total. The molecular weight excluding hydrogens is 272 g/mol. The van der Waals surface area contributed by atoms with Crippen molar-refractivity contribution >= 4 is 11.9 Å². The Hall–Kier alpha value is -2.32. The number of hydrogen-bond donors (Lipinski definition) is 1. The van der Waals surface area contributed by atoms with Gasteiger partial charge in [0.2, 0.25) is 5.79 Å². The van der Waals surface area contributed by atoms with E-state index in [1.807, 2.05) is 30.3 Å². The molecule has 2 atom stereocenters. The highest BCUT2D eigenvalue weighted by atomic mass is 16.8. The van der Waals surface area contributed by atoms with Crippen LogP contribution in [0.1, 0.15) is 25.8 Å². The molecule has 0 amide bonds. The smallest absolute Gasteiger partial charge is 0.338 e. The first-order valence-corrected chi connectivity index (χ1v) is 6.56. The van der Waals surface area contributed by atoms with Crippen molar-refractivity contribution in [1.82, 2.24) is 0 Å². The van der Waals surface area contributed by atoms with Gasteiger partial charge in [-0.15, -0.1) is 0 Å². The lowest BCUT2D eigenvalue weighted by molar-refractivity contribution is -0.163. The van der Waals surface area contributed by atoms with Gasteiger partial charge in [-0.1, -0.05) is 30.0 Å². The Bertz CT molecular complexity index is 594. The summed E-state index contributed by atoms with van der Waals surface area (Å²) < 4.78 is 10.4. The van der Waals surface area contributed by atoms with E-state index in [4.69, 9.17) is 9.47 Å². The maximum absolute atomic E-state index is 11.7. The van der Waals surface area contributed by atoms with Crippen LogP contribution >= 0.6 is 0 Å². The number of carbonyl (C=O) groups excluding carboxylic acids is 1. The molecule has 0 saturated carbocycles. The van der Waals surface area contributed by atoms with Crippen molar-refractivity contribution in [3.8, 4) is 11.8 Å². The molecule has 1 heterocycles. The largest absolute Gasteiger partial charge is 0.481 e. The van der Waals surface area contributed by atoms with Crippen molar-refractivity contribution in [2.24, 2.45) is 5.92 Å². The Morgan fingerprint density at radius 1 is 1.38 bits per heavy atom. The Kier molecular flexibility index (Phi) is 4.29. The van der Waals surface area contributed by atoms with E-state index in [0.29, 0.717) is 0 Å². The number of aliphatic carboxylic acids is 1. The normalized spacial score (nSPS) is 21.0. The first kappa shape index (κ1) is 15.1. The van der Waals surface area contributed by atoms with Gasteiger partial charge in [0.15, 0.2) is 6.10 Å². The van der Waals surface area contributed by atoms with Crippen molar-refractivity contribution in [1.29, 1.82) is 0 Å². The topological polar surface area (TPSA) is 72.8 Å². The predicted octanol–water partition coefficient (Wildman–Crippen LogP) is 1.81. The third kappa shape index (κ3) is 3.83. The van der Waals surface area contributed by atoms with Crippen LogP contribution in [-0.4, -0.2) is 28.9 Å². The average Bonchev–Trinajstić information content (AvgIpc) is 2.68. The molecule has 5 nitrogen and oxygen atoms in total. The van der Waals surface area contributed by atoms with Gasteiger partial charge in [-0.3, -0.25) is 4.79 Å². The zero-order valence-electron chi connectivity index (χ0n) is 11.8. The third-order valence-electron chi connectivity index (χ3n) is 3.00. The highest BCUT2D eigenvalue weighted by Crippen LogP contribution is 2.29. The molecule has 1 fully saturated rings. The minimum absolute atomic E-state index is 0.0140. The van der Waals surface area contributed by atoms with Crippen molar-refractivity contribution in [2.45, 2.75) is 32.2 Å². The summed E-state index contributed by atoms with van der Waals surface area (Å²) in [6, 6.07) is 9.21. The molecule has 0 unspecified atom stereocenters. The van der Waals surface area contributed by atoms with Crippen LogP contribution in [0.2, 0.25) is 0 Å². The number of cyclic esters (lactones) is 1. The van der Waals surface area contributed by atoms with Gasteiger partial charge in [-0.25, -0.2) is 4.79 Å². The minimum atomic E-state index is -1.13. The van der Waals surface area contributed by atoms with Crippen LogP contribution in [0.4, 0.5) is 0 Å². The standard InChI is InChI=1S/C16H16O5/c1-16(2)20-13(15(19)21-16)12(14(17)18)10-6-9-11-7-4-3-5-8-11/h3-5,7-8,12-13H,10H2,1-2H3,(H,17,18)/t12-,13+/m1/s1. The number of rotatable bonds is 3. The molecule has 1 aliphatic heterocycles. The number of carboxylic acid groups (broad SMARTS) is 1. The number of carbonyl (C=O) groups is 2. The summed E-state index contributed by atoms with van der Waals surface area (Å²) in [5.74, 6) is 1.73. The summed E-state index contributed by atoms with van der Waals surface area (Å²) in [5, 5.41) is 9.26. The molecule has 0 bridgehead atoms. The Morgan fingerprint density at radius 3 is 2.57 bits per heavy atom. The Labute approximate surface area is 122 Å². The van der Waals surface area contributed by atoms with Gasteiger partial charge >= 0.3 is 11.9 Å². The molecule has 0 aromatic heterocycles. The lowest BCUT2D eigenvalue weighted by Crippen LogP contribution is -2.33. The van der Waals surface area contributed by atoms with E-state index >= 15 is 0 Å². The lowest BCUT2D eigenvalue weighted by Gasteiger charge is -2.17. The zero-order chi connectivity index (χ0) is 15.5. The summed E-state index contributed by atoms with van der Waals surface area (Å²) in [5.41, 5.74) is 0.789. The number of hydrogen-bond acceptors (Lipinski definition) is 4. The second kappa shape index (κ2) is 5.98. The fraction of sp³-hybridized carbons (Fsp3) is 0.375. The fourth-order valence-electron chi connectivity index (χ4n) is 2.03. The molecule has 0 spiro atoms. The van der Waals surface area contributed by atoms with Gasteiger partial charge in [0.05, 0.1) is 0 Å². The molecule has 1 saturated heterocycles. The van der Waals surface area contributed by atoms with Gasteiger partial charge in [0.25, 0.3) is 0 Å². The van der Waals surface area contributed by atoms with Crippen LogP contribution in [0.25, 0.3) is 0 Å². The Morgan fingerprint density at radius 2 is 2.05 bits per heavy atom. The molecular formula is C16H16O5.